The Labute approximate surface area is 138 Å². The summed E-state index contributed by atoms with van der Waals surface area (Å²) in [7, 11) is 0. The van der Waals surface area contributed by atoms with E-state index in [1.165, 1.54) is 38.9 Å². The van der Waals surface area contributed by atoms with E-state index in [-0.39, 0.29) is 0 Å². The van der Waals surface area contributed by atoms with Crippen molar-refractivity contribution < 1.29 is 0 Å². The maximum Gasteiger partial charge on any atom is 0.0133 e. The van der Waals surface area contributed by atoms with Gasteiger partial charge < -0.3 is 0 Å². The largest absolute Gasteiger partial charge is 0.0622 e. The molecule has 0 saturated carbocycles. The Bertz CT molecular complexity index is 843. The van der Waals surface area contributed by atoms with Gasteiger partial charge in [-0.2, -0.15) is 0 Å². The zero-order chi connectivity index (χ0) is 15.8. The minimum absolute atomic E-state index is 0.452. The van der Waals surface area contributed by atoms with Crippen LogP contribution in [0.5, 0.6) is 0 Å². The molecule has 3 aromatic rings. The summed E-state index contributed by atoms with van der Waals surface area (Å²) < 4.78 is 0. The zero-order valence-electron chi connectivity index (χ0n) is 13.8. The maximum atomic E-state index is 2.41. The van der Waals surface area contributed by atoms with E-state index in [1.54, 1.807) is 0 Å². The molecule has 0 radical (unpaired) electrons. The lowest BCUT2D eigenvalue weighted by atomic mass is 9.83. The molecule has 0 amide bonds. The fourth-order valence-electron chi connectivity index (χ4n) is 4.01. The molecule has 0 bridgehead atoms. The van der Waals surface area contributed by atoms with Crippen molar-refractivity contribution in [1.82, 2.24) is 0 Å². The first-order chi connectivity index (χ1) is 11.2. The highest BCUT2D eigenvalue weighted by Gasteiger charge is 2.24. The molecule has 0 fully saturated rings. The molecule has 0 aliphatic heterocycles. The number of hydrogen-bond donors (Lipinski definition) is 0. The smallest absolute Gasteiger partial charge is 0.0133 e. The molecular formula is C23H22. The van der Waals surface area contributed by atoms with Crippen LogP contribution in [0.3, 0.4) is 0 Å². The van der Waals surface area contributed by atoms with Crippen LogP contribution >= 0.6 is 0 Å². The Kier molecular flexibility index (Phi) is 3.53. The second-order valence-corrected chi connectivity index (χ2v) is 6.76. The highest BCUT2D eigenvalue weighted by Crippen LogP contribution is 2.38. The number of rotatable bonds is 1. The van der Waals surface area contributed by atoms with Gasteiger partial charge in [0.15, 0.2) is 0 Å². The van der Waals surface area contributed by atoms with Gasteiger partial charge in [-0.3, -0.25) is 0 Å². The first kappa shape index (κ1) is 14.3. The van der Waals surface area contributed by atoms with Crippen LogP contribution in [0.25, 0.3) is 0 Å². The quantitative estimate of drug-likeness (QED) is 0.550. The molecule has 0 saturated heterocycles. The van der Waals surface area contributed by atoms with Crippen LogP contribution in [0.1, 0.15) is 44.9 Å². The Morgan fingerprint density at radius 2 is 1.48 bits per heavy atom. The third-order valence-electron chi connectivity index (χ3n) is 5.14. The van der Waals surface area contributed by atoms with Crippen molar-refractivity contribution in [3.05, 3.63) is 106 Å². The first-order valence-electron chi connectivity index (χ1n) is 8.44. The molecule has 3 aromatic carbocycles. The minimum Gasteiger partial charge on any atom is -0.0622 e. The van der Waals surface area contributed by atoms with E-state index >= 15 is 0 Å². The van der Waals surface area contributed by atoms with Gasteiger partial charge in [0.05, 0.1) is 0 Å². The van der Waals surface area contributed by atoms with Gasteiger partial charge in [-0.15, -0.1) is 0 Å². The molecule has 114 valence electrons. The van der Waals surface area contributed by atoms with E-state index in [1.807, 2.05) is 0 Å². The van der Waals surface area contributed by atoms with Gasteiger partial charge in [0, 0.05) is 5.92 Å². The molecule has 1 unspecified atom stereocenters. The van der Waals surface area contributed by atoms with E-state index in [2.05, 4.69) is 80.6 Å². The first-order valence-corrected chi connectivity index (χ1v) is 8.44. The summed E-state index contributed by atoms with van der Waals surface area (Å²) in [5.41, 5.74) is 10.2. The van der Waals surface area contributed by atoms with Crippen LogP contribution in [0.4, 0.5) is 0 Å². The van der Waals surface area contributed by atoms with Crippen LogP contribution < -0.4 is 0 Å². The number of hydrogen-bond acceptors (Lipinski definition) is 0. The standard InChI is InChI=1S/C23H22/c1-16-12-17(2)21-14-19-10-6-7-11-20(19)15-22(23(21)13-16)18-8-4-3-5-9-18/h3-13,22H,14-15H2,1-2H3. The number of fused-ring (bicyclic) bond motifs is 2. The van der Waals surface area contributed by atoms with Crippen molar-refractivity contribution in [2.75, 3.05) is 0 Å². The van der Waals surface area contributed by atoms with Crippen molar-refractivity contribution in [3.8, 4) is 0 Å². The van der Waals surface area contributed by atoms with E-state index in [0.29, 0.717) is 5.92 Å². The normalized spacial score (nSPS) is 16.3. The average molecular weight is 298 g/mol. The fraction of sp³-hybridized carbons (Fsp3) is 0.217. The van der Waals surface area contributed by atoms with Crippen molar-refractivity contribution >= 4 is 0 Å². The molecule has 4 rings (SSSR count). The second-order valence-electron chi connectivity index (χ2n) is 6.76. The van der Waals surface area contributed by atoms with Gasteiger partial charge in [-0.25, -0.2) is 0 Å². The summed E-state index contributed by atoms with van der Waals surface area (Å²) in [5.74, 6) is 0.452. The highest BCUT2D eigenvalue weighted by atomic mass is 14.3. The van der Waals surface area contributed by atoms with Gasteiger partial charge >= 0.3 is 0 Å². The van der Waals surface area contributed by atoms with Crippen LogP contribution in [-0.2, 0) is 12.8 Å². The molecule has 1 aliphatic carbocycles. The van der Waals surface area contributed by atoms with Gasteiger partial charge in [-0.05, 0) is 60.1 Å². The third-order valence-corrected chi connectivity index (χ3v) is 5.14. The van der Waals surface area contributed by atoms with Crippen LogP contribution in [0, 0.1) is 13.8 Å². The molecule has 0 N–H and O–H groups in total. The summed E-state index contributed by atoms with van der Waals surface area (Å²) in [5, 5.41) is 0. The second kappa shape index (κ2) is 5.70. The molecule has 0 spiro atoms. The molecule has 0 heteroatoms. The molecule has 0 nitrogen and oxygen atoms in total. The topological polar surface area (TPSA) is 0 Å². The lowest BCUT2D eigenvalue weighted by molar-refractivity contribution is 0.805. The molecular weight excluding hydrogens is 276 g/mol. The van der Waals surface area contributed by atoms with E-state index < -0.39 is 0 Å². The Morgan fingerprint density at radius 3 is 2.26 bits per heavy atom. The Balaban J connectivity index is 1.96. The van der Waals surface area contributed by atoms with Crippen LogP contribution in [0.2, 0.25) is 0 Å². The van der Waals surface area contributed by atoms with Gasteiger partial charge in [-0.1, -0.05) is 72.3 Å². The third kappa shape index (κ3) is 2.59. The Hall–Kier alpha value is -2.34. The minimum atomic E-state index is 0.452. The van der Waals surface area contributed by atoms with Crippen molar-refractivity contribution in [2.24, 2.45) is 0 Å². The van der Waals surface area contributed by atoms with Gasteiger partial charge in [0.25, 0.3) is 0 Å². The lowest BCUT2D eigenvalue weighted by Crippen LogP contribution is -2.07. The summed E-state index contributed by atoms with van der Waals surface area (Å²) >= 11 is 0. The highest BCUT2D eigenvalue weighted by molar-refractivity contribution is 5.50. The summed E-state index contributed by atoms with van der Waals surface area (Å²) in [4.78, 5) is 0. The predicted octanol–water partition coefficient (Wildman–Crippen LogP) is 5.58. The molecule has 0 aromatic heterocycles. The van der Waals surface area contributed by atoms with Crippen LogP contribution in [0.15, 0.2) is 66.7 Å². The molecule has 1 atom stereocenters. The van der Waals surface area contributed by atoms with E-state index in [4.69, 9.17) is 0 Å². The summed E-state index contributed by atoms with van der Waals surface area (Å²) in [6.45, 7) is 4.48. The Morgan fingerprint density at radius 1 is 0.783 bits per heavy atom. The SMILES string of the molecule is Cc1cc(C)c2c(c1)C(c1ccccc1)Cc1ccccc1C2. The van der Waals surface area contributed by atoms with E-state index in [9.17, 15) is 0 Å². The van der Waals surface area contributed by atoms with Crippen molar-refractivity contribution in [2.45, 2.75) is 32.6 Å². The predicted molar refractivity (Wildman–Crippen MR) is 97.2 cm³/mol. The number of benzene rings is 3. The van der Waals surface area contributed by atoms with Crippen LogP contribution in [-0.4, -0.2) is 0 Å². The number of aryl methyl sites for hydroxylation is 2. The molecule has 23 heavy (non-hydrogen) atoms. The lowest BCUT2D eigenvalue weighted by Gasteiger charge is -2.20. The van der Waals surface area contributed by atoms with E-state index in [0.717, 1.165) is 12.8 Å². The fourth-order valence-corrected chi connectivity index (χ4v) is 4.01. The molecule has 0 heterocycles. The average Bonchev–Trinajstić information content (AvgIpc) is 2.73. The maximum absolute atomic E-state index is 2.41. The van der Waals surface area contributed by atoms with Gasteiger partial charge in [0.2, 0.25) is 0 Å². The van der Waals surface area contributed by atoms with Crippen molar-refractivity contribution in [3.63, 3.8) is 0 Å². The van der Waals surface area contributed by atoms with Gasteiger partial charge in [0.1, 0.15) is 0 Å². The van der Waals surface area contributed by atoms with Crippen molar-refractivity contribution in [1.29, 1.82) is 0 Å². The molecule has 1 aliphatic rings. The zero-order valence-corrected chi connectivity index (χ0v) is 13.8. The summed E-state index contributed by atoms with van der Waals surface area (Å²) in [6, 6.07) is 24.7. The monoisotopic (exact) mass is 298 g/mol. The summed E-state index contributed by atoms with van der Waals surface area (Å²) in [6.07, 6.45) is 2.15.